The first-order chi connectivity index (χ1) is 10.3. The van der Waals surface area contributed by atoms with E-state index in [-0.39, 0.29) is 0 Å². The van der Waals surface area contributed by atoms with Gasteiger partial charge < -0.3 is 10.6 Å². The molecule has 0 radical (unpaired) electrons. The Kier molecular flexibility index (Phi) is 4.73. The van der Waals surface area contributed by atoms with Crippen molar-refractivity contribution in [2.45, 2.75) is 32.0 Å². The summed E-state index contributed by atoms with van der Waals surface area (Å²) in [5.74, 6) is 0. The Labute approximate surface area is 135 Å². The van der Waals surface area contributed by atoms with Crippen LogP contribution in [0.25, 0.3) is 0 Å². The van der Waals surface area contributed by atoms with E-state index in [1.165, 1.54) is 21.2 Å². The summed E-state index contributed by atoms with van der Waals surface area (Å²) in [6.07, 6.45) is 1.12. The van der Waals surface area contributed by atoms with E-state index in [0.717, 1.165) is 19.5 Å². The number of fused-ring (bicyclic) bond motifs is 1. The number of hydrogen-bond donors (Lipinski definition) is 2. The molecule has 2 aromatic carbocycles. The molecule has 0 saturated heterocycles. The maximum Gasteiger partial charge on any atom is 0.0340 e. The lowest BCUT2D eigenvalue weighted by atomic mass is 9.97. The second kappa shape index (κ2) is 6.73. The third kappa shape index (κ3) is 3.37. The van der Waals surface area contributed by atoms with Gasteiger partial charge in [0.2, 0.25) is 0 Å². The van der Waals surface area contributed by atoms with Crippen LogP contribution in [-0.4, -0.2) is 6.54 Å². The van der Waals surface area contributed by atoms with Crippen molar-refractivity contribution in [3.8, 4) is 0 Å². The van der Waals surface area contributed by atoms with Crippen LogP contribution in [0.5, 0.6) is 0 Å². The predicted molar refractivity (Wildman–Crippen MR) is 91.2 cm³/mol. The number of halogens is 1. The molecule has 0 aromatic heterocycles. The predicted octanol–water partition coefficient (Wildman–Crippen LogP) is 4.33. The molecule has 0 amide bonds. The van der Waals surface area contributed by atoms with Crippen molar-refractivity contribution in [2.24, 2.45) is 0 Å². The van der Waals surface area contributed by atoms with Crippen molar-refractivity contribution in [1.82, 2.24) is 10.6 Å². The van der Waals surface area contributed by atoms with Gasteiger partial charge in [0.25, 0.3) is 0 Å². The molecule has 2 unspecified atom stereocenters. The Morgan fingerprint density at radius 3 is 2.76 bits per heavy atom. The van der Waals surface area contributed by atoms with E-state index in [1.807, 2.05) is 0 Å². The highest BCUT2D eigenvalue weighted by molar-refractivity contribution is 9.10. The van der Waals surface area contributed by atoms with Gasteiger partial charge in [-0.05, 0) is 42.6 Å². The molecule has 1 heterocycles. The highest BCUT2D eigenvalue weighted by Crippen LogP contribution is 2.29. The molecular formula is C18H21BrN2. The Morgan fingerprint density at radius 2 is 1.90 bits per heavy atom. The number of hydrogen-bond acceptors (Lipinski definition) is 2. The Balaban J connectivity index is 1.83. The first-order valence-electron chi connectivity index (χ1n) is 7.54. The van der Waals surface area contributed by atoms with Gasteiger partial charge in [0.15, 0.2) is 0 Å². The summed E-state index contributed by atoms with van der Waals surface area (Å²) < 4.78 is 1.17. The molecule has 0 spiro atoms. The molecule has 0 fully saturated rings. The fourth-order valence-electron chi connectivity index (χ4n) is 3.05. The average molecular weight is 345 g/mol. The molecule has 1 aliphatic rings. The van der Waals surface area contributed by atoms with Crippen LogP contribution in [0.2, 0.25) is 0 Å². The van der Waals surface area contributed by atoms with Crippen LogP contribution in [-0.2, 0) is 6.54 Å². The molecule has 0 bridgehead atoms. The Hall–Kier alpha value is -1.16. The highest BCUT2D eigenvalue weighted by atomic mass is 79.9. The van der Waals surface area contributed by atoms with Gasteiger partial charge in [0.05, 0.1) is 0 Å². The maximum absolute atomic E-state index is 3.80. The summed E-state index contributed by atoms with van der Waals surface area (Å²) in [6.45, 7) is 4.26. The quantitative estimate of drug-likeness (QED) is 0.865. The van der Waals surface area contributed by atoms with Crippen LogP contribution >= 0.6 is 15.9 Å². The molecule has 0 aliphatic carbocycles. The Bertz CT molecular complexity index is 612. The standard InChI is InChI=1S/C18H21BrN2/c1-13(15-7-4-5-9-17(15)19)21-18-10-11-20-12-14-6-2-3-8-16(14)18/h2-9,13,18,20-21H,10-12H2,1H3. The van der Waals surface area contributed by atoms with Gasteiger partial charge in [-0.15, -0.1) is 0 Å². The molecule has 21 heavy (non-hydrogen) atoms. The highest BCUT2D eigenvalue weighted by Gasteiger charge is 2.20. The van der Waals surface area contributed by atoms with Crippen molar-refractivity contribution in [3.05, 3.63) is 69.7 Å². The third-order valence-electron chi connectivity index (χ3n) is 4.18. The van der Waals surface area contributed by atoms with E-state index in [2.05, 4.69) is 82.0 Å². The van der Waals surface area contributed by atoms with Gasteiger partial charge >= 0.3 is 0 Å². The minimum absolute atomic E-state index is 0.316. The fourth-order valence-corrected chi connectivity index (χ4v) is 3.68. The van der Waals surface area contributed by atoms with Crippen molar-refractivity contribution in [1.29, 1.82) is 0 Å². The normalized spacial score (nSPS) is 19.6. The van der Waals surface area contributed by atoms with Gasteiger partial charge in [0.1, 0.15) is 0 Å². The van der Waals surface area contributed by atoms with Crippen LogP contribution in [0.4, 0.5) is 0 Å². The van der Waals surface area contributed by atoms with E-state index in [0.29, 0.717) is 12.1 Å². The van der Waals surface area contributed by atoms with Crippen LogP contribution in [0.15, 0.2) is 53.0 Å². The smallest absolute Gasteiger partial charge is 0.0340 e. The van der Waals surface area contributed by atoms with E-state index < -0.39 is 0 Å². The van der Waals surface area contributed by atoms with Crippen molar-refractivity contribution in [3.63, 3.8) is 0 Å². The maximum atomic E-state index is 3.80. The molecular weight excluding hydrogens is 324 g/mol. The van der Waals surface area contributed by atoms with Crippen molar-refractivity contribution >= 4 is 15.9 Å². The molecule has 1 aliphatic heterocycles. The van der Waals surface area contributed by atoms with E-state index in [9.17, 15) is 0 Å². The van der Waals surface area contributed by atoms with E-state index >= 15 is 0 Å². The van der Waals surface area contributed by atoms with E-state index in [4.69, 9.17) is 0 Å². The summed E-state index contributed by atoms with van der Waals surface area (Å²) in [5.41, 5.74) is 4.15. The number of benzene rings is 2. The lowest BCUT2D eigenvalue weighted by Gasteiger charge is -2.24. The minimum Gasteiger partial charge on any atom is -0.313 e. The second-order valence-electron chi connectivity index (χ2n) is 5.63. The SMILES string of the molecule is CC(NC1CCNCc2ccccc21)c1ccccc1Br. The molecule has 0 saturated carbocycles. The largest absolute Gasteiger partial charge is 0.313 e. The average Bonchev–Trinajstić information content (AvgIpc) is 2.70. The molecule has 2 N–H and O–H groups in total. The lowest BCUT2D eigenvalue weighted by molar-refractivity contribution is 0.442. The van der Waals surface area contributed by atoms with E-state index in [1.54, 1.807) is 0 Å². The molecule has 3 rings (SSSR count). The summed E-state index contributed by atoms with van der Waals surface area (Å²) >= 11 is 3.66. The van der Waals surface area contributed by atoms with Crippen molar-refractivity contribution in [2.75, 3.05) is 6.54 Å². The number of nitrogens with one attached hydrogen (secondary N) is 2. The molecule has 2 nitrogen and oxygen atoms in total. The monoisotopic (exact) mass is 344 g/mol. The Morgan fingerprint density at radius 1 is 1.14 bits per heavy atom. The van der Waals surface area contributed by atoms with Gasteiger partial charge in [-0.25, -0.2) is 0 Å². The lowest BCUT2D eigenvalue weighted by Crippen LogP contribution is -2.26. The van der Waals surface area contributed by atoms with Gasteiger partial charge in [0, 0.05) is 23.1 Å². The molecule has 2 aromatic rings. The topological polar surface area (TPSA) is 24.1 Å². The summed E-state index contributed by atoms with van der Waals surface area (Å²) in [6, 6.07) is 17.9. The van der Waals surface area contributed by atoms with Crippen LogP contribution in [0.3, 0.4) is 0 Å². The second-order valence-corrected chi connectivity index (χ2v) is 6.48. The van der Waals surface area contributed by atoms with Gasteiger partial charge in [-0.3, -0.25) is 0 Å². The minimum atomic E-state index is 0.316. The number of rotatable bonds is 3. The first kappa shape index (κ1) is 14.8. The zero-order chi connectivity index (χ0) is 14.7. The molecule has 3 heteroatoms. The molecule has 2 atom stereocenters. The first-order valence-corrected chi connectivity index (χ1v) is 8.34. The van der Waals surface area contributed by atoms with Crippen LogP contribution < -0.4 is 10.6 Å². The van der Waals surface area contributed by atoms with Crippen LogP contribution in [0.1, 0.15) is 42.1 Å². The summed E-state index contributed by atoms with van der Waals surface area (Å²) in [5, 5.41) is 7.31. The van der Waals surface area contributed by atoms with Crippen molar-refractivity contribution < 1.29 is 0 Å². The van der Waals surface area contributed by atoms with Gasteiger partial charge in [-0.1, -0.05) is 58.4 Å². The third-order valence-corrected chi connectivity index (χ3v) is 4.90. The summed E-state index contributed by atoms with van der Waals surface area (Å²) in [7, 11) is 0. The van der Waals surface area contributed by atoms with Crippen LogP contribution in [0, 0.1) is 0 Å². The zero-order valence-corrected chi connectivity index (χ0v) is 13.9. The fraction of sp³-hybridized carbons (Fsp3) is 0.333. The zero-order valence-electron chi connectivity index (χ0n) is 12.3. The summed E-state index contributed by atoms with van der Waals surface area (Å²) in [4.78, 5) is 0. The van der Waals surface area contributed by atoms with Gasteiger partial charge in [-0.2, -0.15) is 0 Å². The molecule has 110 valence electrons.